The van der Waals surface area contributed by atoms with E-state index in [9.17, 15) is 14.0 Å². The average Bonchev–Trinajstić information content (AvgIpc) is 2.46. The van der Waals surface area contributed by atoms with E-state index in [1.165, 1.54) is 0 Å². The van der Waals surface area contributed by atoms with Gasteiger partial charge in [0.1, 0.15) is 12.3 Å². The minimum absolute atomic E-state index is 0.0528. The zero-order valence-corrected chi connectivity index (χ0v) is 12.0. The summed E-state index contributed by atoms with van der Waals surface area (Å²) in [5.41, 5.74) is 0. The highest BCUT2D eigenvalue weighted by Crippen LogP contribution is 2.40. The molecule has 0 saturated heterocycles. The average molecular weight is 288 g/mol. The zero-order valence-electron chi connectivity index (χ0n) is 12.0. The van der Waals surface area contributed by atoms with Crippen molar-refractivity contribution in [1.29, 1.82) is 0 Å². The summed E-state index contributed by atoms with van der Waals surface area (Å²) in [6.07, 6.45) is 5.17. The Balaban J connectivity index is 1.87. The van der Waals surface area contributed by atoms with Gasteiger partial charge in [-0.15, -0.1) is 6.58 Å². The number of rotatable bonds is 5. The summed E-state index contributed by atoms with van der Waals surface area (Å²) in [7, 11) is 0. The van der Waals surface area contributed by atoms with Gasteiger partial charge in [0.25, 0.3) is 0 Å². The SMILES string of the molecule is C=CCC1CCC(C(OO)C2CCC(F)C(F)C2)CC1. The highest BCUT2D eigenvalue weighted by atomic mass is 19.2. The molecule has 2 rings (SSSR count). The predicted octanol–water partition coefficient (Wildman–Crippen LogP) is 4.70. The number of hydrogen-bond donors (Lipinski definition) is 1. The van der Waals surface area contributed by atoms with E-state index < -0.39 is 12.3 Å². The molecule has 0 aromatic rings. The molecule has 0 aliphatic heterocycles. The molecular formula is C16H26F2O2. The van der Waals surface area contributed by atoms with Crippen molar-refractivity contribution >= 4 is 0 Å². The fraction of sp³-hybridized carbons (Fsp3) is 0.875. The molecule has 0 bridgehead atoms. The molecule has 20 heavy (non-hydrogen) atoms. The van der Waals surface area contributed by atoms with Crippen molar-refractivity contribution in [2.24, 2.45) is 17.8 Å². The van der Waals surface area contributed by atoms with E-state index in [-0.39, 0.29) is 30.8 Å². The maximum absolute atomic E-state index is 13.5. The van der Waals surface area contributed by atoms with E-state index in [4.69, 9.17) is 4.89 Å². The largest absolute Gasteiger partial charge is 0.252 e. The van der Waals surface area contributed by atoms with E-state index in [0.29, 0.717) is 12.3 Å². The molecule has 4 unspecified atom stereocenters. The second-order valence-corrected chi connectivity index (χ2v) is 6.48. The summed E-state index contributed by atoms with van der Waals surface area (Å²) in [6, 6.07) is 0. The van der Waals surface area contributed by atoms with Gasteiger partial charge < -0.3 is 0 Å². The number of hydrogen-bond acceptors (Lipinski definition) is 2. The van der Waals surface area contributed by atoms with Crippen LogP contribution in [0.3, 0.4) is 0 Å². The Bertz CT molecular complexity index is 303. The lowest BCUT2D eigenvalue weighted by molar-refractivity contribution is -0.308. The van der Waals surface area contributed by atoms with Crippen LogP contribution in [-0.4, -0.2) is 23.7 Å². The number of halogens is 2. The van der Waals surface area contributed by atoms with Gasteiger partial charge in [-0.1, -0.05) is 6.08 Å². The van der Waals surface area contributed by atoms with Crippen LogP contribution < -0.4 is 0 Å². The van der Waals surface area contributed by atoms with Crippen LogP contribution in [0.25, 0.3) is 0 Å². The summed E-state index contributed by atoms with van der Waals surface area (Å²) in [4.78, 5) is 4.70. The topological polar surface area (TPSA) is 29.5 Å². The molecular weight excluding hydrogens is 262 g/mol. The van der Waals surface area contributed by atoms with E-state index in [0.717, 1.165) is 32.1 Å². The molecule has 2 aliphatic rings. The lowest BCUT2D eigenvalue weighted by Crippen LogP contribution is -2.39. The molecule has 0 radical (unpaired) electrons. The summed E-state index contributed by atoms with van der Waals surface area (Å²) in [5, 5.41) is 9.22. The van der Waals surface area contributed by atoms with Crippen LogP contribution in [0.1, 0.15) is 51.4 Å². The highest BCUT2D eigenvalue weighted by Gasteiger charge is 2.39. The third-order valence-electron chi connectivity index (χ3n) is 5.18. The Kier molecular flexibility index (Phi) is 5.97. The first-order chi connectivity index (χ1) is 9.65. The Morgan fingerprint density at radius 2 is 1.70 bits per heavy atom. The van der Waals surface area contributed by atoms with Crippen LogP contribution >= 0.6 is 0 Å². The molecule has 0 amide bonds. The van der Waals surface area contributed by atoms with Crippen molar-refractivity contribution in [2.45, 2.75) is 69.8 Å². The first-order valence-corrected chi connectivity index (χ1v) is 7.85. The maximum Gasteiger partial charge on any atom is 0.132 e. The summed E-state index contributed by atoms with van der Waals surface area (Å²) >= 11 is 0. The van der Waals surface area contributed by atoms with Crippen molar-refractivity contribution in [1.82, 2.24) is 0 Å². The lowest BCUT2D eigenvalue weighted by Gasteiger charge is -2.38. The van der Waals surface area contributed by atoms with Crippen LogP contribution in [0.2, 0.25) is 0 Å². The Morgan fingerprint density at radius 1 is 1.05 bits per heavy atom. The van der Waals surface area contributed by atoms with Gasteiger partial charge in [-0.2, -0.15) is 0 Å². The van der Waals surface area contributed by atoms with Gasteiger partial charge in [0.05, 0.1) is 6.10 Å². The van der Waals surface area contributed by atoms with Gasteiger partial charge in [-0.25, -0.2) is 13.7 Å². The van der Waals surface area contributed by atoms with Gasteiger partial charge in [-0.05, 0) is 69.1 Å². The quantitative estimate of drug-likeness (QED) is 0.451. The van der Waals surface area contributed by atoms with E-state index in [1.807, 2.05) is 6.08 Å². The second-order valence-electron chi connectivity index (χ2n) is 6.48. The fourth-order valence-electron chi connectivity index (χ4n) is 3.95. The molecule has 4 atom stereocenters. The van der Waals surface area contributed by atoms with Crippen molar-refractivity contribution in [3.05, 3.63) is 12.7 Å². The van der Waals surface area contributed by atoms with Crippen LogP contribution in [0, 0.1) is 17.8 Å². The minimum atomic E-state index is -1.40. The molecule has 2 saturated carbocycles. The molecule has 0 aromatic carbocycles. The molecule has 116 valence electrons. The van der Waals surface area contributed by atoms with Gasteiger partial charge in [0, 0.05) is 0 Å². The maximum atomic E-state index is 13.5. The molecule has 0 spiro atoms. The van der Waals surface area contributed by atoms with E-state index in [2.05, 4.69) is 6.58 Å². The highest BCUT2D eigenvalue weighted by molar-refractivity contribution is 4.89. The van der Waals surface area contributed by atoms with E-state index in [1.54, 1.807) is 0 Å². The molecule has 2 aliphatic carbocycles. The summed E-state index contributed by atoms with van der Waals surface area (Å²) in [6.45, 7) is 3.77. The van der Waals surface area contributed by atoms with Gasteiger partial charge in [-0.3, -0.25) is 5.26 Å². The van der Waals surface area contributed by atoms with Crippen LogP contribution in [-0.2, 0) is 4.89 Å². The third kappa shape index (κ3) is 3.79. The Hall–Kier alpha value is -0.480. The van der Waals surface area contributed by atoms with Crippen molar-refractivity contribution in [3.8, 4) is 0 Å². The molecule has 1 N–H and O–H groups in total. The monoisotopic (exact) mass is 288 g/mol. The smallest absolute Gasteiger partial charge is 0.132 e. The fourth-order valence-corrected chi connectivity index (χ4v) is 3.95. The minimum Gasteiger partial charge on any atom is -0.252 e. The van der Waals surface area contributed by atoms with Crippen LogP contribution in [0.15, 0.2) is 12.7 Å². The second kappa shape index (κ2) is 7.51. The molecule has 4 heteroatoms. The third-order valence-corrected chi connectivity index (χ3v) is 5.18. The van der Waals surface area contributed by atoms with Crippen LogP contribution in [0.4, 0.5) is 8.78 Å². The normalized spacial score (nSPS) is 40.2. The van der Waals surface area contributed by atoms with Gasteiger partial charge in [0.2, 0.25) is 0 Å². The standard InChI is InChI=1S/C16H26F2O2/c1-2-3-11-4-6-12(7-5-11)16(20-19)13-8-9-14(17)15(18)10-13/h2,11-16,19H,1,3-10H2. The first kappa shape index (κ1) is 15.9. The van der Waals surface area contributed by atoms with Crippen molar-refractivity contribution in [2.75, 3.05) is 0 Å². The first-order valence-electron chi connectivity index (χ1n) is 7.85. The lowest BCUT2D eigenvalue weighted by atomic mass is 9.72. The molecule has 0 aromatic heterocycles. The predicted molar refractivity (Wildman–Crippen MR) is 74.9 cm³/mol. The molecule has 2 nitrogen and oxygen atoms in total. The van der Waals surface area contributed by atoms with Gasteiger partial charge in [0.15, 0.2) is 0 Å². The van der Waals surface area contributed by atoms with E-state index >= 15 is 0 Å². The summed E-state index contributed by atoms with van der Waals surface area (Å²) in [5.74, 6) is 0.899. The van der Waals surface area contributed by atoms with Crippen molar-refractivity contribution < 1.29 is 18.9 Å². The Morgan fingerprint density at radius 3 is 2.25 bits per heavy atom. The van der Waals surface area contributed by atoms with Crippen molar-refractivity contribution in [3.63, 3.8) is 0 Å². The zero-order chi connectivity index (χ0) is 14.5. The summed E-state index contributed by atoms with van der Waals surface area (Å²) < 4.78 is 26.7. The molecule has 2 fully saturated rings. The molecule has 0 heterocycles. The Labute approximate surface area is 120 Å². The van der Waals surface area contributed by atoms with Gasteiger partial charge >= 0.3 is 0 Å². The number of allylic oxidation sites excluding steroid dienone is 1. The van der Waals surface area contributed by atoms with Crippen LogP contribution in [0.5, 0.6) is 0 Å². The number of alkyl halides is 2.